The molecule has 0 fully saturated rings. The zero-order valence-corrected chi connectivity index (χ0v) is 10.1. The summed E-state index contributed by atoms with van der Waals surface area (Å²) in [7, 11) is 0. The Morgan fingerprint density at radius 1 is 1.56 bits per heavy atom. The lowest BCUT2D eigenvalue weighted by Crippen LogP contribution is -2.19. The molecular weight excluding hydrogens is 258 g/mol. The highest BCUT2D eigenvalue weighted by Gasteiger charge is 2.19. The smallest absolute Gasteiger partial charge is 0.340 e. The van der Waals surface area contributed by atoms with E-state index >= 15 is 0 Å². The van der Waals surface area contributed by atoms with Crippen molar-refractivity contribution in [2.75, 3.05) is 5.32 Å². The van der Waals surface area contributed by atoms with E-state index in [-0.39, 0.29) is 23.0 Å². The second-order valence-electron chi connectivity index (χ2n) is 3.42. The number of carboxylic acid groups (broad SMARTS) is 1. The number of hydrogen-bond donors (Lipinski definition) is 2. The van der Waals surface area contributed by atoms with Crippen molar-refractivity contribution in [2.45, 2.75) is 13.5 Å². The summed E-state index contributed by atoms with van der Waals surface area (Å²) >= 11 is 0.937. The Morgan fingerprint density at radius 2 is 2.33 bits per heavy atom. The molecule has 2 aromatic rings. The highest BCUT2D eigenvalue weighted by molar-refractivity contribution is 7.11. The van der Waals surface area contributed by atoms with Crippen LogP contribution in [0.1, 0.15) is 16.1 Å². The van der Waals surface area contributed by atoms with Crippen LogP contribution >= 0.6 is 11.5 Å². The summed E-state index contributed by atoms with van der Waals surface area (Å²) < 4.78 is 5.24. The molecule has 0 aromatic carbocycles. The minimum Gasteiger partial charge on any atom is -0.478 e. The summed E-state index contributed by atoms with van der Waals surface area (Å²) in [6.45, 7) is 1.54. The summed E-state index contributed by atoms with van der Waals surface area (Å²) in [4.78, 5) is 26.3. The SMILES string of the molecule is Cc1nsc(NC(=O)Cn2cncn2)c1C(=O)O. The van der Waals surface area contributed by atoms with Crippen LogP contribution in [0.2, 0.25) is 0 Å². The van der Waals surface area contributed by atoms with Gasteiger partial charge in [0.05, 0.1) is 5.69 Å². The minimum atomic E-state index is -1.11. The first-order chi connectivity index (χ1) is 8.58. The van der Waals surface area contributed by atoms with Gasteiger partial charge in [-0.25, -0.2) is 14.5 Å². The number of hydrogen-bond acceptors (Lipinski definition) is 6. The number of aryl methyl sites for hydroxylation is 1. The zero-order chi connectivity index (χ0) is 13.1. The molecule has 0 unspecified atom stereocenters. The van der Waals surface area contributed by atoms with Gasteiger partial charge in [0.25, 0.3) is 0 Å². The first-order valence-electron chi connectivity index (χ1n) is 4.89. The van der Waals surface area contributed by atoms with Gasteiger partial charge in [0.1, 0.15) is 29.8 Å². The maximum atomic E-state index is 11.7. The average molecular weight is 267 g/mol. The van der Waals surface area contributed by atoms with Crippen LogP contribution in [-0.2, 0) is 11.3 Å². The zero-order valence-electron chi connectivity index (χ0n) is 9.32. The minimum absolute atomic E-state index is 0.0203. The number of aromatic nitrogens is 4. The normalized spacial score (nSPS) is 10.3. The van der Waals surface area contributed by atoms with Crippen LogP contribution in [0.15, 0.2) is 12.7 Å². The Bertz CT molecular complexity index is 577. The molecule has 2 N–H and O–H groups in total. The molecule has 0 bridgehead atoms. The lowest BCUT2D eigenvalue weighted by molar-refractivity contribution is -0.116. The highest BCUT2D eigenvalue weighted by Crippen LogP contribution is 2.24. The first kappa shape index (κ1) is 12.2. The molecule has 0 radical (unpaired) electrons. The number of carbonyl (C=O) groups is 2. The van der Waals surface area contributed by atoms with Crippen LogP contribution in [-0.4, -0.2) is 36.1 Å². The Kier molecular flexibility index (Phi) is 3.33. The molecule has 0 atom stereocenters. The fourth-order valence-electron chi connectivity index (χ4n) is 1.33. The molecule has 0 spiro atoms. The Balaban J connectivity index is 2.10. The van der Waals surface area contributed by atoms with Crippen LogP contribution in [0.5, 0.6) is 0 Å². The fraction of sp³-hybridized carbons (Fsp3) is 0.222. The number of carboxylic acids is 1. The third kappa shape index (κ3) is 2.51. The van der Waals surface area contributed by atoms with Crippen LogP contribution in [0.25, 0.3) is 0 Å². The van der Waals surface area contributed by atoms with E-state index in [2.05, 4.69) is 19.8 Å². The molecule has 2 rings (SSSR count). The van der Waals surface area contributed by atoms with E-state index in [0.29, 0.717) is 5.69 Å². The molecule has 0 aliphatic rings. The maximum absolute atomic E-state index is 11.7. The number of aromatic carboxylic acids is 1. The fourth-order valence-corrected chi connectivity index (χ4v) is 2.14. The molecule has 0 saturated carbocycles. The Morgan fingerprint density at radius 3 is 2.94 bits per heavy atom. The van der Waals surface area contributed by atoms with E-state index in [1.165, 1.54) is 17.3 Å². The van der Waals surface area contributed by atoms with Crippen LogP contribution in [0.3, 0.4) is 0 Å². The predicted molar refractivity (Wildman–Crippen MR) is 62.5 cm³/mol. The first-order valence-corrected chi connectivity index (χ1v) is 5.67. The third-order valence-electron chi connectivity index (χ3n) is 2.10. The van der Waals surface area contributed by atoms with Gasteiger partial charge in [-0.15, -0.1) is 0 Å². The van der Waals surface area contributed by atoms with E-state index in [4.69, 9.17) is 5.11 Å². The van der Waals surface area contributed by atoms with Gasteiger partial charge in [-0.05, 0) is 18.5 Å². The molecule has 94 valence electrons. The summed E-state index contributed by atoms with van der Waals surface area (Å²) in [5.41, 5.74) is 0.399. The van der Waals surface area contributed by atoms with Crippen LogP contribution in [0, 0.1) is 6.92 Å². The Hall–Kier alpha value is -2.29. The Labute approximate surface area is 105 Å². The van der Waals surface area contributed by atoms with Gasteiger partial charge in [0.2, 0.25) is 5.91 Å². The average Bonchev–Trinajstić information content (AvgIpc) is 2.88. The van der Waals surface area contributed by atoms with E-state index in [9.17, 15) is 9.59 Å². The summed E-state index contributed by atoms with van der Waals surface area (Å²) in [6.07, 6.45) is 2.71. The standard InChI is InChI=1S/C9H9N5O3S/c1-5-7(9(16)17)8(18-13-5)12-6(15)2-14-4-10-3-11-14/h3-4H,2H2,1H3,(H,12,15)(H,16,17). The van der Waals surface area contributed by atoms with Gasteiger partial charge in [-0.1, -0.05) is 0 Å². The molecule has 8 nitrogen and oxygen atoms in total. The second kappa shape index (κ2) is 4.92. The van der Waals surface area contributed by atoms with Crippen molar-refractivity contribution >= 4 is 28.4 Å². The van der Waals surface area contributed by atoms with E-state index < -0.39 is 5.97 Å². The van der Waals surface area contributed by atoms with Crippen LogP contribution < -0.4 is 5.32 Å². The van der Waals surface area contributed by atoms with Crippen molar-refractivity contribution in [1.82, 2.24) is 19.1 Å². The number of nitrogens with one attached hydrogen (secondary N) is 1. The summed E-state index contributed by atoms with van der Waals surface area (Å²) in [6, 6.07) is 0. The number of carbonyl (C=O) groups excluding carboxylic acids is 1. The summed E-state index contributed by atoms with van der Waals surface area (Å²) in [5.74, 6) is -1.50. The molecule has 9 heteroatoms. The van der Waals surface area contributed by atoms with Crippen molar-refractivity contribution in [2.24, 2.45) is 0 Å². The van der Waals surface area contributed by atoms with Crippen molar-refractivity contribution in [3.05, 3.63) is 23.9 Å². The number of anilines is 1. The monoisotopic (exact) mass is 267 g/mol. The van der Waals surface area contributed by atoms with Gasteiger partial charge < -0.3 is 10.4 Å². The van der Waals surface area contributed by atoms with Gasteiger partial charge in [0, 0.05) is 0 Å². The van der Waals surface area contributed by atoms with E-state index in [1.807, 2.05) is 0 Å². The molecule has 18 heavy (non-hydrogen) atoms. The quantitative estimate of drug-likeness (QED) is 0.828. The van der Waals surface area contributed by atoms with Crippen molar-refractivity contribution < 1.29 is 14.7 Å². The molecule has 0 saturated heterocycles. The largest absolute Gasteiger partial charge is 0.478 e. The van der Waals surface area contributed by atoms with Crippen molar-refractivity contribution in [1.29, 1.82) is 0 Å². The van der Waals surface area contributed by atoms with Gasteiger partial charge in [-0.3, -0.25) is 4.79 Å². The van der Waals surface area contributed by atoms with E-state index in [0.717, 1.165) is 11.5 Å². The van der Waals surface area contributed by atoms with Gasteiger partial charge in [-0.2, -0.15) is 9.47 Å². The predicted octanol–water partition coefficient (Wildman–Crippen LogP) is 0.380. The molecule has 2 aromatic heterocycles. The number of amides is 1. The van der Waals surface area contributed by atoms with E-state index in [1.54, 1.807) is 6.92 Å². The molecular formula is C9H9N5O3S. The van der Waals surface area contributed by atoms with Crippen molar-refractivity contribution in [3.63, 3.8) is 0 Å². The lowest BCUT2D eigenvalue weighted by Gasteiger charge is -2.03. The molecule has 0 aliphatic carbocycles. The third-order valence-corrected chi connectivity index (χ3v) is 2.96. The molecule has 0 aliphatic heterocycles. The second-order valence-corrected chi connectivity index (χ2v) is 4.19. The summed E-state index contributed by atoms with van der Waals surface area (Å²) in [5, 5.41) is 15.5. The lowest BCUT2D eigenvalue weighted by atomic mass is 10.2. The molecule has 1 amide bonds. The van der Waals surface area contributed by atoms with Gasteiger partial charge in [0.15, 0.2) is 0 Å². The van der Waals surface area contributed by atoms with Crippen molar-refractivity contribution in [3.8, 4) is 0 Å². The maximum Gasteiger partial charge on any atom is 0.340 e. The number of rotatable bonds is 4. The van der Waals surface area contributed by atoms with Gasteiger partial charge >= 0.3 is 5.97 Å². The topological polar surface area (TPSA) is 110 Å². The number of nitrogens with zero attached hydrogens (tertiary/aromatic N) is 4. The highest BCUT2D eigenvalue weighted by atomic mass is 32.1. The van der Waals surface area contributed by atoms with Crippen LogP contribution in [0.4, 0.5) is 5.00 Å². The molecule has 2 heterocycles.